The van der Waals surface area contributed by atoms with Crippen molar-refractivity contribution in [3.63, 3.8) is 0 Å². The Morgan fingerprint density at radius 2 is 2.16 bits per heavy atom. The van der Waals surface area contributed by atoms with Gasteiger partial charge in [0, 0.05) is 32.2 Å². The van der Waals surface area contributed by atoms with E-state index in [1.165, 1.54) is 32.1 Å². The minimum Gasteiger partial charge on any atom is -0.383 e. The molecule has 0 aromatic rings. The molecular weight excluding hydrogens is 238 g/mol. The summed E-state index contributed by atoms with van der Waals surface area (Å²) >= 11 is 0. The molecule has 2 fully saturated rings. The van der Waals surface area contributed by atoms with Crippen molar-refractivity contribution < 1.29 is 9.47 Å². The zero-order chi connectivity index (χ0) is 13.7. The van der Waals surface area contributed by atoms with Gasteiger partial charge in [-0.3, -0.25) is 0 Å². The second kappa shape index (κ2) is 7.05. The van der Waals surface area contributed by atoms with Crippen LogP contribution in [-0.4, -0.2) is 39.5 Å². The highest BCUT2D eigenvalue weighted by molar-refractivity contribution is 5.00. The maximum absolute atomic E-state index is 6.11. The van der Waals surface area contributed by atoms with Crippen molar-refractivity contribution in [1.29, 1.82) is 0 Å². The van der Waals surface area contributed by atoms with Crippen molar-refractivity contribution >= 4 is 0 Å². The Labute approximate surface area is 118 Å². The second-order valence-electron chi connectivity index (χ2n) is 6.84. The molecule has 2 unspecified atom stereocenters. The Balaban J connectivity index is 1.90. The molecule has 1 aliphatic carbocycles. The van der Waals surface area contributed by atoms with Crippen molar-refractivity contribution in [2.75, 3.05) is 33.4 Å². The molecule has 2 atom stereocenters. The van der Waals surface area contributed by atoms with Crippen LogP contribution in [0.1, 0.15) is 46.0 Å². The Kier molecular flexibility index (Phi) is 5.67. The van der Waals surface area contributed by atoms with E-state index in [9.17, 15) is 0 Å². The Morgan fingerprint density at radius 1 is 1.37 bits per heavy atom. The van der Waals surface area contributed by atoms with Gasteiger partial charge < -0.3 is 14.8 Å². The fourth-order valence-corrected chi connectivity index (χ4v) is 3.38. The van der Waals surface area contributed by atoms with Crippen LogP contribution in [0.5, 0.6) is 0 Å². The van der Waals surface area contributed by atoms with E-state index < -0.39 is 0 Å². The summed E-state index contributed by atoms with van der Waals surface area (Å²) < 4.78 is 11.2. The van der Waals surface area contributed by atoms with Crippen LogP contribution in [0, 0.1) is 17.3 Å². The topological polar surface area (TPSA) is 30.5 Å². The van der Waals surface area contributed by atoms with Gasteiger partial charge in [-0.15, -0.1) is 0 Å². The average molecular weight is 269 g/mol. The Morgan fingerprint density at radius 3 is 2.79 bits per heavy atom. The van der Waals surface area contributed by atoms with Crippen LogP contribution >= 0.6 is 0 Å². The number of rotatable bonds is 9. The molecule has 1 N–H and O–H groups in total. The van der Waals surface area contributed by atoms with E-state index in [0.717, 1.165) is 38.1 Å². The molecule has 2 aliphatic rings. The van der Waals surface area contributed by atoms with E-state index in [0.29, 0.717) is 11.5 Å². The van der Waals surface area contributed by atoms with E-state index in [-0.39, 0.29) is 0 Å². The first-order valence-corrected chi connectivity index (χ1v) is 7.99. The molecule has 0 bridgehead atoms. The van der Waals surface area contributed by atoms with E-state index in [4.69, 9.17) is 9.47 Å². The lowest BCUT2D eigenvalue weighted by Gasteiger charge is -2.35. The summed E-state index contributed by atoms with van der Waals surface area (Å²) in [6.45, 7) is 8.48. The smallest absolute Gasteiger partial charge is 0.0672 e. The molecule has 0 amide bonds. The van der Waals surface area contributed by atoms with Gasteiger partial charge in [0.25, 0.3) is 0 Å². The van der Waals surface area contributed by atoms with Crippen LogP contribution in [0.25, 0.3) is 0 Å². The molecule has 1 heterocycles. The van der Waals surface area contributed by atoms with Crippen LogP contribution in [0.3, 0.4) is 0 Å². The Hall–Kier alpha value is -0.120. The molecule has 1 saturated carbocycles. The van der Waals surface area contributed by atoms with Crippen molar-refractivity contribution in [3.05, 3.63) is 0 Å². The fourth-order valence-electron chi connectivity index (χ4n) is 3.38. The van der Waals surface area contributed by atoms with Gasteiger partial charge in [0.1, 0.15) is 0 Å². The van der Waals surface area contributed by atoms with Gasteiger partial charge in [0.15, 0.2) is 0 Å². The largest absolute Gasteiger partial charge is 0.383 e. The van der Waals surface area contributed by atoms with Gasteiger partial charge in [0.05, 0.1) is 12.7 Å². The van der Waals surface area contributed by atoms with Crippen molar-refractivity contribution in [3.8, 4) is 0 Å². The summed E-state index contributed by atoms with van der Waals surface area (Å²) in [7, 11) is 1.77. The maximum Gasteiger partial charge on any atom is 0.0672 e. The number of methoxy groups -OCH3 is 1. The third kappa shape index (κ3) is 4.17. The lowest BCUT2D eigenvalue weighted by Crippen LogP contribution is -2.43. The highest BCUT2D eigenvalue weighted by atomic mass is 16.5. The van der Waals surface area contributed by atoms with Gasteiger partial charge in [0.2, 0.25) is 0 Å². The molecule has 1 saturated heterocycles. The number of ether oxygens (including phenoxy) is 2. The molecule has 1 aliphatic heterocycles. The van der Waals surface area contributed by atoms with Crippen molar-refractivity contribution in [2.45, 2.75) is 52.1 Å². The summed E-state index contributed by atoms with van der Waals surface area (Å²) in [6.07, 6.45) is 7.14. The van der Waals surface area contributed by atoms with Crippen LogP contribution < -0.4 is 5.32 Å². The fraction of sp³-hybridized carbons (Fsp3) is 1.00. The summed E-state index contributed by atoms with van der Waals surface area (Å²) in [4.78, 5) is 0. The van der Waals surface area contributed by atoms with E-state index >= 15 is 0 Å². The van der Waals surface area contributed by atoms with Crippen LogP contribution in [0.4, 0.5) is 0 Å². The van der Waals surface area contributed by atoms with Gasteiger partial charge in [-0.25, -0.2) is 0 Å². The molecule has 0 radical (unpaired) electrons. The molecule has 112 valence electrons. The predicted octanol–water partition coefficient (Wildman–Crippen LogP) is 2.84. The molecule has 19 heavy (non-hydrogen) atoms. The summed E-state index contributed by atoms with van der Waals surface area (Å²) in [6, 6.07) is 0. The first-order valence-electron chi connectivity index (χ1n) is 7.99. The predicted molar refractivity (Wildman–Crippen MR) is 78.3 cm³/mol. The summed E-state index contributed by atoms with van der Waals surface area (Å²) in [5.74, 6) is 1.63. The molecule has 3 heteroatoms. The molecular formula is C16H31NO2. The minimum absolute atomic E-state index is 0.388. The van der Waals surface area contributed by atoms with E-state index in [1.807, 2.05) is 0 Å². The van der Waals surface area contributed by atoms with Gasteiger partial charge in [-0.1, -0.05) is 20.3 Å². The lowest BCUT2D eigenvalue weighted by molar-refractivity contribution is 0.0234. The van der Waals surface area contributed by atoms with E-state index in [2.05, 4.69) is 19.2 Å². The second-order valence-corrected chi connectivity index (χ2v) is 6.84. The van der Waals surface area contributed by atoms with Gasteiger partial charge in [-0.05, 0) is 37.5 Å². The van der Waals surface area contributed by atoms with Crippen LogP contribution in [0.15, 0.2) is 0 Å². The molecule has 0 aromatic heterocycles. The number of hydrogen-bond donors (Lipinski definition) is 1. The highest BCUT2D eigenvalue weighted by Gasteiger charge is 2.50. The molecule has 0 spiro atoms. The van der Waals surface area contributed by atoms with E-state index in [1.54, 1.807) is 7.11 Å². The van der Waals surface area contributed by atoms with Crippen molar-refractivity contribution in [1.82, 2.24) is 5.32 Å². The monoisotopic (exact) mass is 269 g/mol. The molecule has 3 nitrogen and oxygen atoms in total. The zero-order valence-corrected chi connectivity index (χ0v) is 12.9. The van der Waals surface area contributed by atoms with Gasteiger partial charge in [-0.2, -0.15) is 0 Å². The average Bonchev–Trinajstić information content (AvgIpc) is 3.14. The SMILES string of the molecule is COCCNCC1(CCC(C)C)CCOC1C1CC1. The minimum atomic E-state index is 0.388. The van der Waals surface area contributed by atoms with Crippen LogP contribution in [-0.2, 0) is 9.47 Å². The normalized spacial score (nSPS) is 31.3. The lowest BCUT2D eigenvalue weighted by atomic mass is 9.74. The maximum atomic E-state index is 6.11. The summed E-state index contributed by atoms with van der Waals surface area (Å²) in [5, 5.41) is 3.60. The third-order valence-corrected chi connectivity index (χ3v) is 4.73. The standard InChI is InChI=1S/C16H31NO2/c1-13(2)6-7-16(12-17-9-11-18-3)8-10-19-15(16)14-4-5-14/h13-15,17H,4-12H2,1-3H3. The quantitative estimate of drug-likeness (QED) is 0.653. The van der Waals surface area contributed by atoms with Gasteiger partial charge >= 0.3 is 0 Å². The highest BCUT2D eigenvalue weighted by Crippen LogP contribution is 2.50. The van der Waals surface area contributed by atoms with Crippen LogP contribution in [0.2, 0.25) is 0 Å². The number of nitrogens with one attached hydrogen (secondary N) is 1. The number of hydrogen-bond acceptors (Lipinski definition) is 3. The first-order chi connectivity index (χ1) is 9.18. The molecule has 2 rings (SSSR count). The molecule has 0 aromatic carbocycles. The van der Waals surface area contributed by atoms with Crippen molar-refractivity contribution in [2.24, 2.45) is 17.3 Å². The zero-order valence-electron chi connectivity index (χ0n) is 12.9. The summed E-state index contributed by atoms with van der Waals surface area (Å²) in [5.41, 5.74) is 0.388. The Bertz CT molecular complexity index is 265. The third-order valence-electron chi connectivity index (χ3n) is 4.73. The first kappa shape index (κ1) is 15.3.